The summed E-state index contributed by atoms with van der Waals surface area (Å²) in [6, 6.07) is 17.6. The van der Waals surface area contributed by atoms with Crippen molar-refractivity contribution in [3.8, 4) is 11.1 Å². The van der Waals surface area contributed by atoms with Crippen LogP contribution in [0, 0.1) is 11.6 Å². The molecule has 0 bridgehead atoms. The SMILES string of the molecule is O=C(NCCC(O)C(O)c1c(F)cc(F)cc1Br)OCC1c2ccccc2-c2ccccc21. The van der Waals surface area contributed by atoms with Crippen molar-refractivity contribution >= 4 is 22.0 Å². The molecule has 0 fully saturated rings. The van der Waals surface area contributed by atoms with Crippen LogP contribution in [0.5, 0.6) is 0 Å². The summed E-state index contributed by atoms with van der Waals surface area (Å²) in [5, 5.41) is 23.0. The van der Waals surface area contributed by atoms with Crippen molar-refractivity contribution in [3.05, 3.63) is 93.5 Å². The number of nitrogens with one attached hydrogen (secondary N) is 1. The lowest BCUT2D eigenvalue weighted by Crippen LogP contribution is -2.31. The second-order valence-electron chi connectivity index (χ2n) is 7.84. The molecule has 0 heterocycles. The maximum atomic E-state index is 14.0. The number of halogens is 3. The molecule has 3 aromatic carbocycles. The van der Waals surface area contributed by atoms with Gasteiger partial charge in [-0.3, -0.25) is 0 Å². The number of carbonyl (C=O) groups excluding carboxylic acids is 1. The maximum Gasteiger partial charge on any atom is 0.407 e. The molecule has 8 heteroatoms. The molecule has 0 spiro atoms. The Kier molecular flexibility index (Phi) is 7.07. The van der Waals surface area contributed by atoms with Gasteiger partial charge in [0.15, 0.2) is 0 Å². The van der Waals surface area contributed by atoms with Crippen LogP contribution in [0.1, 0.15) is 35.1 Å². The van der Waals surface area contributed by atoms with Crippen molar-refractivity contribution in [3.63, 3.8) is 0 Å². The van der Waals surface area contributed by atoms with E-state index in [1.165, 1.54) is 0 Å². The number of ether oxygens (including phenoxy) is 1. The molecule has 172 valence electrons. The number of amides is 1. The number of aliphatic hydroxyl groups excluding tert-OH is 2. The lowest BCUT2D eigenvalue weighted by atomic mass is 9.98. The zero-order valence-corrected chi connectivity index (χ0v) is 19.1. The molecule has 5 nitrogen and oxygen atoms in total. The minimum atomic E-state index is -1.59. The Hall–Kier alpha value is -2.81. The zero-order chi connectivity index (χ0) is 23.5. The summed E-state index contributed by atoms with van der Waals surface area (Å²) < 4.78 is 32.7. The van der Waals surface area contributed by atoms with Crippen molar-refractivity contribution in [1.82, 2.24) is 5.32 Å². The third kappa shape index (κ3) is 4.93. The first-order chi connectivity index (χ1) is 15.9. The second-order valence-corrected chi connectivity index (χ2v) is 8.69. The highest BCUT2D eigenvalue weighted by Crippen LogP contribution is 2.44. The van der Waals surface area contributed by atoms with E-state index < -0.39 is 29.9 Å². The molecule has 0 saturated carbocycles. The molecule has 3 N–H and O–H groups in total. The van der Waals surface area contributed by atoms with Crippen LogP contribution in [-0.4, -0.2) is 35.6 Å². The van der Waals surface area contributed by atoms with Crippen molar-refractivity contribution in [1.29, 1.82) is 0 Å². The van der Waals surface area contributed by atoms with Crippen LogP contribution in [0.25, 0.3) is 11.1 Å². The molecule has 2 atom stereocenters. The largest absolute Gasteiger partial charge is 0.449 e. The van der Waals surface area contributed by atoms with E-state index in [0.29, 0.717) is 6.07 Å². The smallest absolute Gasteiger partial charge is 0.407 e. The normalized spacial score (nSPS) is 14.3. The van der Waals surface area contributed by atoms with Crippen LogP contribution >= 0.6 is 15.9 Å². The molecule has 1 amide bonds. The van der Waals surface area contributed by atoms with E-state index in [1.54, 1.807) is 0 Å². The molecule has 0 saturated heterocycles. The lowest BCUT2D eigenvalue weighted by molar-refractivity contribution is 0.0111. The molecule has 1 aliphatic rings. The first-order valence-electron chi connectivity index (χ1n) is 10.5. The minimum absolute atomic E-state index is 0.00463. The molecule has 0 radical (unpaired) electrons. The Morgan fingerprint density at radius 2 is 1.64 bits per heavy atom. The monoisotopic (exact) mass is 517 g/mol. The quantitative estimate of drug-likeness (QED) is 0.409. The Morgan fingerprint density at radius 3 is 2.24 bits per heavy atom. The van der Waals surface area contributed by atoms with Gasteiger partial charge >= 0.3 is 6.09 Å². The Bertz CT molecular complexity index is 1100. The number of carbonyl (C=O) groups is 1. The predicted octanol–water partition coefficient (Wildman–Crippen LogP) is 5.05. The van der Waals surface area contributed by atoms with E-state index in [0.717, 1.165) is 28.3 Å². The standard InChI is InChI=1S/C25H22BrF2NO4/c26-20-11-14(27)12-21(28)23(20)24(31)22(30)9-10-29-25(32)33-13-19-17-7-3-1-5-15(17)16-6-2-4-8-18(16)19/h1-8,11-12,19,22,24,30-31H,9-10,13H2,(H,29,32). The predicted molar refractivity (Wildman–Crippen MR) is 123 cm³/mol. The topological polar surface area (TPSA) is 78.8 Å². The third-order valence-corrected chi connectivity index (χ3v) is 6.41. The van der Waals surface area contributed by atoms with Crippen LogP contribution in [0.4, 0.5) is 13.6 Å². The van der Waals surface area contributed by atoms with Gasteiger partial charge in [0, 0.05) is 28.6 Å². The van der Waals surface area contributed by atoms with Gasteiger partial charge in [-0.05, 0) is 34.7 Å². The van der Waals surface area contributed by atoms with E-state index in [9.17, 15) is 23.8 Å². The van der Waals surface area contributed by atoms with Gasteiger partial charge in [-0.2, -0.15) is 0 Å². The summed E-state index contributed by atoms with van der Waals surface area (Å²) in [4.78, 5) is 12.2. The summed E-state index contributed by atoms with van der Waals surface area (Å²) in [5.41, 5.74) is 4.19. The number of aliphatic hydroxyl groups is 2. The number of rotatable bonds is 7. The van der Waals surface area contributed by atoms with Gasteiger partial charge in [-0.15, -0.1) is 0 Å². The summed E-state index contributed by atoms with van der Waals surface area (Å²) in [5.74, 6) is -1.85. The highest BCUT2D eigenvalue weighted by atomic mass is 79.9. The second kappa shape index (κ2) is 9.99. The fraction of sp³-hybridized carbons (Fsp3) is 0.240. The third-order valence-electron chi connectivity index (χ3n) is 5.76. The van der Waals surface area contributed by atoms with Crippen molar-refractivity contribution in [2.75, 3.05) is 13.2 Å². The molecular formula is C25H22BrF2NO4. The molecule has 0 aliphatic heterocycles. The van der Waals surface area contributed by atoms with Gasteiger partial charge < -0.3 is 20.3 Å². The average Bonchev–Trinajstić information content (AvgIpc) is 3.10. The number of benzene rings is 3. The molecule has 4 rings (SSSR count). The fourth-order valence-corrected chi connectivity index (χ4v) is 4.80. The zero-order valence-electron chi connectivity index (χ0n) is 17.5. The van der Waals surface area contributed by atoms with Gasteiger partial charge in [0.1, 0.15) is 24.3 Å². The molecule has 0 aromatic heterocycles. The Balaban J connectivity index is 1.30. The fourth-order valence-electron chi connectivity index (χ4n) is 4.16. The summed E-state index contributed by atoms with van der Waals surface area (Å²) >= 11 is 2.99. The van der Waals surface area contributed by atoms with Crippen LogP contribution in [0.3, 0.4) is 0 Å². The van der Waals surface area contributed by atoms with Crippen molar-refractivity contribution < 1.29 is 28.5 Å². The molecule has 2 unspecified atom stereocenters. The maximum absolute atomic E-state index is 14.0. The Morgan fingerprint density at radius 1 is 1.03 bits per heavy atom. The number of hydrogen-bond acceptors (Lipinski definition) is 4. The lowest BCUT2D eigenvalue weighted by Gasteiger charge is -2.20. The van der Waals surface area contributed by atoms with Crippen LogP contribution in [0.2, 0.25) is 0 Å². The molecule has 3 aromatic rings. The van der Waals surface area contributed by atoms with Gasteiger partial charge in [-0.25, -0.2) is 13.6 Å². The molecular weight excluding hydrogens is 496 g/mol. The van der Waals surface area contributed by atoms with E-state index in [2.05, 4.69) is 21.2 Å². The highest BCUT2D eigenvalue weighted by molar-refractivity contribution is 9.10. The summed E-state index contributed by atoms with van der Waals surface area (Å²) in [6.45, 7) is 0.147. The van der Waals surface area contributed by atoms with Crippen LogP contribution in [-0.2, 0) is 4.74 Å². The first kappa shape index (κ1) is 23.4. The van der Waals surface area contributed by atoms with E-state index >= 15 is 0 Å². The number of fused-ring (bicyclic) bond motifs is 3. The van der Waals surface area contributed by atoms with Gasteiger partial charge in [0.2, 0.25) is 0 Å². The van der Waals surface area contributed by atoms with Gasteiger partial charge in [0.25, 0.3) is 0 Å². The van der Waals surface area contributed by atoms with E-state index in [-0.39, 0.29) is 35.5 Å². The number of alkyl carbamates (subject to hydrolysis) is 1. The first-order valence-corrected chi connectivity index (χ1v) is 11.3. The van der Waals surface area contributed by atoms with E-state index in [1.807, 2.05) is 48.5 Å². The van der Waals surface area contributed by atoms with E-state index in [4.69, 9.17) is 4.74 Å². The van der Waals surface area contributed by atoms with Crippen molar-refractivity contribution in [2.24, 2.45) is 0 Å². The van der Waals surface area contributed by atoms with Gasteiger partial charge in [0.05, 0.1) is 6.10 Å². The van der Waals surface area contributed by atoms with Crippen molar-refractivity contribution in [2.45, 2.75) is 24.5 Å². The Labute approximate surface area is 198 Å². The minimum Gasteiger partial charge on any atom is -0.449 e. The van der Waals surface area contributed by atoms with Gasteiger partial charge in [-0.1, -0.05) is 64.5 Å². The van der Waals surface area contributed by atoms with Crippen LogP contribution in [0.15, 0.2) is 65.1 Å². The summed E-state index contributed by atoms with van der Waals surface area (Å²) in [6.07, 6.45) is -3.69. The highest BCUT2D eigenvalue weighted by Gasteiger charge is 2.29. The van der Waals surface area contributed by atoms with Crippen LogP contribution < -0.4 is 5.32 Å². The molecule has 1 aliphatic carbocycles. The summed E-state index contributed by atoms with van der Waals surface area (Å²) in [7, 11) is 0. The number of hydrogen-bond donors (Lipinski definition) is 3. The molecule has 33 heavy (non-hydrogen) atoms. The average molecular weight is 518 g/mol.